The summed E-state index contributed by atoms with van der Waals surface area (Å²) in [5.74, 6) is 0.798. The molecule has 19 heavy (non-hydrogen) atoms. The number of likely N-dealkylation sites (tertiary alicyclic amines) is 2. The van der Waals surface area contributed by atoms with E-state index in [1.165, 1.54) is 71.1 Å². The fourth-order valence-corrected chi connectivity index (χ4v) is 4.08. The van der Waals surface area contributed by atoms with Crippen LogP contribution in [0.2, 0.25) is 0 Å². The molecule has 0 spiro atoms. The van der Waals surface area contributed by atoms with Crippen molar-refractivity contribution in [3.05, 3.63) is 0 Å². The molecule has 3 nitrogen and oxygen atoms in total. The molecule has 0 bridgehead atoms. The highest BCUT2D eigenvalue weighted by Gasteiger charge is 2.40. The maximum absolute atomic E-state index is 6.48. The van der Waals surface area contributed by atoms with Crippen LogP contribution in [0.4, 0.5) is 0 Å². The zero-order chi connectivity index (χ0) is 13.3. The Morgan fingerprint density at radius 3 is 2.16 bits per heavy atom. The molecule has 0 radical (unpaired) electrons. The van der Waals surface area contributed by atoms with E-state index in [4.69, 9.17) is 5.73 Å². The van der Waals surface area contributed by atoms with E-state index < -0.39 is 0 Å². The molecular weight excluding hydrogens is 234 g/mol. The van der Waals surface area contributed by atoms with E-state index in [0.717, 1.165) is 18.5 Å². The summed E-state index contributed by atoms with van der Waals surface area (Å²) in [6.07, 6.45) is 9.73. The molecule has 0 aromatic rings. The molecule has 3 aliphatic rings. The van der Waals surface area contributed by atoms with Gasteiger partial charge < -0.3 is 15.5 Å². The zero-order valence-electron chi connectivity index (χ0n) is 12.6. The van der Waals surface area contributed by atoms with Gasteiger partial charge in [0.1, 0.15) is 0 Å². The molecule has 2 heterocycles. The van der Waals surface area contributed by atoms with Gasteiger partial charge >= 0.3 is 0 Å². The quantitative estimate of drug-likeness (QED) is 0.844. The SMILES string of the molecule is CC(N)(CN1CCC(N2CCCCC2)CC1)C1CC1. The maximum Gasteiger partial charge on any atom is 0.0283 e. The molecule has 0 aromatic heterocycles. The van der Waals surface area contributed by atoms with Crippen molar-refractivity contribution in [1.29, 1.82) is 0 Å². The second-order valence-electron chi connectivity index (χ2n) is 7.38. The highest BCUT2D eigenvalue weighted by molar-refractivity contribution is 4.98. The zero-order valence-corrected chi connectivity index (χ0v) is 12.6. The molecule has 3 fully saturated rings. The normalized spacial score (nSPS) is 31.3. The van der Waals surface area contributed by atoms with E-state index in [0.29, 0.717) is 0 Å². The lowest BCUT2D eigenvalue weighted by atomic mass is 9.94. The van der Waals surface area contributed by atoms with Crippen LogP contribution in [-0.4, -0.2) is 54.1 Å². The van der Waals surface area contributed by atoms with E-state index in [9.17, 15) is 0 Å². The molecule has 1 unspecified atom stereocenters. The van der Waals surface area contributed by atoms with Crippen molar-refractivity contribution in [3.8, 4) is 0 Å². The lowest BCUT2D eigenvalue weighted by molar-refractivity contribution is 0.0808. The van der Waals surface area contributed by atoms with Gasteiger partial charge in [-0.3, -0.25) is 0 Å². The van der Waals surface area contributed by atoms with E-state index in [1.54, 1.807) is 0 Å². The molecule has 2 aliphatic heterocycles. The molecule has 3 heteroatoms. The van der Waals surface area contributed by atoms with Crippen molar-refractivity contribution >= 4 is 0 Å². The van der Waals surface area contributed by atoms with Crippen molar-refractivity contribution in [2.24, 2.45) is 11.7 Å². The van der Waals surface area contributed by atoms with Crippen LogP contribution in [0.25, 0.3) is 0 Å². The average molecular weight is 265 g/mol. The van der Waals surface area contributed by atoms with Crippen LogP contribution in [0.15, 0.2) is 0 Å². The van der Waals surface area contributed by atoms with Crippen LogP contribution in [0.3, 0.4) is 0 Å². The van der Waals surface area contributed by atoms with Crippen LogP contribution in [0, 0.1) is 5.92 Å². The molecule has 1 saturated carbocycles. The number of piperidine rings is 2. The Kier molecular flexibility index (Phi) is 4.16. The monoisotopic (exact) mass is 265 g/mol. The molecule has 1 aliphatic carbocycles. The number of hydrogen-bond acceptors (Lipinski definition) is 3. The summed E-state index contributed by atoms with van der Waals surface area (Å²) < 4.78 is 0. The third-order valence-electron chi connectivity index (χ3n) is 5.54. The van der Waals surface area contributed by atoms with Crippen molar-refractivity contribution in [2.75, 3.05) is 32.7 Å². The predicted octanol–water partition coefficient (Wildman–Crippen LogP) is 2.06. The van der Waals surface area contributed by atoms with Crippen molar-refractivity contribution < 1.29 is 0 Å². The highest BCUT2D eigenvalue weighted by Crippen LogP contribution is 2.38. The van der Waals surface area contributed by atoms with Crippen molar-refractivity contribution in [1.82, 2.24) is 9.80 Å². The average Bonchev–Trinajstić information content (AvgIpc) is 3.25. The Morgan fingerprint density at radius 2 is 1.58 bits per heavy atom. The first-order chi connectivity index (χ1) is 9.15. The number of hydrogen-bond donors (Lipinski definition) is 1. The largest absolute Gasteiger partial charge is 0.324 e. The fourth-order valence-electron chi connectivity index (χ4n) is 4.08. The van der Waals surface area contributed by atoms with Gasteiger partial charge in [0.2, 0.25) is 0 Å². The lowest BCUT2D eigenvalue weighted by Crippen LogP contribution is -2.53. The standard InChI is InChI=1S/C16H31N3/c1-16(17,14-5-6-14)13-18-11-7-15(8-12-18)19-9-3-2-4-10-19/h14-15H,2-13,17H2,1H3. The molecule has 0 aromatic carbocycles. The predicted molar refractivity (Wildman–Crippen MR) is 80.2 cm³/mol. The summed E-state index contributed by atoms with van der Waals surface area (Å²) in [6.45, 7) is 8.61. The summed E-state index contributed by atoms with van der Waals surface area (Å²) in [5.41, 5.74) is 6.55. The van der Waals surface area contributed by atoms with Crippen LogP contribution in [0.5, 0.6) is 0 Å². The van der Waals surface area contributed by atoms with Crippen LogP contribution >= 0.6 is 0 Å². The molecule has 1 atom stereocenters. The van der Waals surface area contributed by atoms with Crippen LogP contribution in [0.1, 0.15) is 51.9 Å². The summed E-state index contributed by atoms with van der Waals surface area (Å²) in [6, 6.07) is 0.863. The summed E-state index contributed by atoms with van der Waals surface area (Å²) >= 11 is 0. The van der Waals surface area contributed by atoms with Crippen molar-refractivity contribution in [2.45, 2.75) is 63.5 Å². The van der Waals surface area contributed by atoms with E-state index in [1.807, 2.05) is 0 Å². The minimum Gasteiger partial charge on any atom is -0.324 e. The molecule has 2 N–H and O–H groups in total. The van der Waals surface area contributed by atoms with Gasteiger partial charge in [0.25, 0.3) is 0 Å². The second-order valence-corrected chi connectivity index (χ2v) is 7.38. The molecule has 0 amide bonds. The number of nitrogens with zero attached hydrogens (tertiary/aromatic N) is 2. The Morgan fingerprint density at radius 1 is 0.947 bits per heavy atom. The number of nitrogens with two attached hydrogens (primary N) is 1. The second kappa shape index (κ2) is 5.71. The van der Waals surface area contributed by atoms with E-state index in [2.05, 4.69) is 16.7 Å². The minimum atomic E-state index is 0.0674. The first-order valence-corrected chi connectivity index (χ1v) is 8.40. The third kappa shape index (κ3) is 3.50. The van der Waals surface area contributed by atoms with Gasteiger partial charge in [-0.2, -0.15) is 0 Å². The summed E-state index contributed by atoms with van der Waals surface area (Å²) in [5, 5.41) is 0. The smallest absolute Gasteiger partial charge is 0.0283 e. The van der Waals surface area contributed by atoms with Gasteiger partial charge in [0.05, 0.1) is 0 Å². The van der Waals surface area contributed by atoms with Gasteiger partial charge in [-0.1, -0.05) is 6.42 Å². The summed E-state index contributed by atoms with van der Waals surface area (Å²) in [7, 11) is 0. The van der Waals surface area contributed by atoms with Gasteiger partial charge in [0.15, 0.2) is 0 Å². The van der Waals surface area contributed by atoms with E-state index >= 15 is 0 Å². The van der Waals surface area contributed by atoms with Gasteiger partial charge in [0, 0.05) is 18.1 Å². The Bertz CT molecular complexity index is 284. The maximum atomic E-state index is 6.48. The molecule has 3 rings (SSSR count). The molecule has 110 valence electrons. The van der Waals surface area contributed by atoms with Crippen molar-refractivity contribution in [3.63, 3.8) is 0 Å². The van der Waals surface area contributed by atoms with E-state index in [-0.39, 0.29) is 5.54 Å². The Labute approximate surface area is 118 Å². The first kappa shape index (κ1) is 13.8. The Balaban J connectivity index is 1.43. The van der Waals surface area contributed by atoms with Gasteiger partial charge in [-0.05, 0) is 77.5 Å². The lowest BCUT2D eigenvalue weighted by Gasteiger charge is -2.42. The fraction of sp³-hybridized carbons (Fsp3) is 1.00. The number of rotatable bonds is 4. The topological polar surface area (TPSA) is 32.5 Å². The van der Waals surface area contributed by atoms with Gasteiger partial charge in [-0.15, -0.1) is 0 Å². The molecular formula is C16H31N3. The third-order valence-corrected chi connectivity index (χ3v) is 5.54. The van der Waals surface area contributed by atoms with Gasteiger partial charge in [-0.25, -0.2) is 0 Å². The molecule has 2 saturated heterocycles. The highest BCUT2D eigenvalue weighted by atomic mass is 15.2. The Hall–Kier alpha value is -0.120. The van der Waals surface area contributed by atoms with Crippen LogP contribution < -0.4 is 5.73 Å². The minimum absolute atomic E-state index is 0.0674. The first-order valence-electron chi connectivity index (χ1n) is 8.40. The summed E-state index contributed by atoms with van der Waals surface area (Å²) in [4.78, 5) is 5.38. The van der Waals surface area contributed by atoms with Crippen LogP contribution in [-0.2, 0) is 0 Å².